The van der Waals surface area contributed by atoms with Gasteiger partial charge in [0, 0.05) is 11.0 Å². The molecule has 0 amide bonds. The van der Waals surface area contributed by atoms with Gasteiger partial charge in [0.1, 0.15) is 11.6 Å². The maximum atomic E-state index is 13.4. The number of ether oxygens (including phenoxy) is 1. The van der Waals surface area contributed by atoms with Gasteiger partial charge in [-0.1, -0.05) is 15.9 Å². The van der Waals surface area contributed by atoms with Gasteiger partial charge in [-0.3, -0.25) is 0 Å². The summed E-state index contributed by atoms with van der Waals surface area (Å²) in [6.45, 7) is -0.0467. The normalized spacial score (nSPS) is 12.6. The number of benzene rings is 1. The molecule has 0 aromatic heterocycles. The first-order valence-corrected chi connectivity index (χ1v) is 4.80. The highest BCUT2D eigenvalue weighted by Crippen LogP contribution is 2.30. The summed E-state index contributed by atoms with van der Waals surface area (Å²) < 4.78 is 18.9. The van der Waals surface area contributed by atoms with Gasteiger partial charge in [0.2, 0.25) is 0 Å². The Balaban J connectivity index is 3.24. The molecule has 3 N–H and O–H groups in total. The number of methoxy groups -OCH3 is 1. The van der Waals surface area contributed by atoms with Crippen molar-refractivity contribution in [2.24, 2.45) is 5.73 Å². The van der Waals surface area contributed by atoms with Gasteiger partial charge in [0.05, 0.1) is 18.8 Å². The number of rotatable bonds is 3. The first kappa shape index (κ1) is 11.4. The van der Waals surface area contributed by atoms with Crippen molar-refractivity contribution in [2.45, 2.75) is 6.10 Å². The summed E-state index contributed by atoms with van der Waals surface area (Å²) >= 11 is 3.13. The molecule has 0 fully saturated rings. The molecular weight excluding hydrogens is 253 g/mol. The molecule has 1 unspecified atom stereocenters. The molecule has 3 nitrogen and oxygen atoms in total. The number of halogens is 2. The van der Waals surface area contributed by atoms with Crippen LogP contribution in [0.5, 0.6) is 5.75 Å². The zero-order valence-corrected chi connectivity index (χ0v) is 9.21. The molecule has 0 aliphatic rings. The summed E-state index contributed by atoms with van der Waals surface area (Å²) in [6.07, 6.45) is -1.04. The number of hydrogen-bond acceptors (Lipinski definition) is 3. The summed E-state index contributed by atoms with van der Waals surface area (Å²) in [7, 11) is 1.41. The molecule has 0 heterocycles. The molecule has 0 saturated carbocycles. The van der Waals surface area contributed by atoms with E-state index in [4.69, 9.17) is 10.5 Å². The maximum Gasteiger partial charge on any atom is 0.133 e. The minimum atomic E-state index is -1.04. The largest absolute Gasteiger partial charge is 0.496 e. The van der Waals surface area contributed by atoms with Crippen LogP contribution in [0.15, 0.2) is 16.6 Å². The molecule has 0 bridgehead atoms. The number of hydrogen-bond donors (Lipinski definition) is 2. The lowest BCUT2D eigenvalue weighted by Crippen LogP contribution is -2.14. The molecule has 0 spiro atoms. The minimum Gasteiger partial charge on any atom is -0.496 e. The number of aliphatic hydroxyl groups excluding tert-OH is 1. The predicted octanol–water partition coefficient (Wildman–Crippen LogP) is 1.59. The van der Waals surface area contributed by atoms with Crippen molar-refractivity contribution in [3.05, 3.63) is 28.0 Å². The van der Waals surface area contributed by atoms with E-state index in [-0.39, 0.29) is 17.9 Å². The Morgan fingerprint density at radius 1 is 1.64 bits per heavy atom. The van der Waals surface area contributed by atoms with Crippen LogP contribution in [-0.4, -0.2) is 18.8 Å². The third kappa shape index (κ3) is 2.23. The molecule has 0 aliphatic heterocycles. The second-order valence-electron chi connectivity index (χ2n) is 2.76. The fraction of sp³-hybridized carbons (Fsp3) is 0.333. The second kappa shape index (κ2) is 4.72. The van der Waals surface area contributed by atoms with E-state index in [1.807, 2.05) is 0 Å². The molecule has 1 atom stereocenters. The van der Waals surface area contributed by atoms with Crippen molar-refractivity contribution in [3.63, 3.8) is 0 Å². The van der Waals surface area contributed by atoms with E-state index in [1.165, 1.54) is 13.2 Å². The van der Waals surface area contributed by atoms with Crippen LogP contribution in [0.4, 0.5) is 4.39 Å². The van der Waals surface area contributed by atoms with Crippen molar-refractivity contribution in [1.29, 1.82) is 0 Å². The van der Waals surface area contributed by atoms with E-state index in [1.54, 1.807) is 6.07 Å². The lowest BCUT2D eigenvalue weighted by molar-refractivity contribution is 0.177. The van der Waals surface area contributed by atoms with Crippen molar-refractivity contribution in [3.8, 4) is 5.75 Å². The Morgan fingerprint density at radius 3 is 2.79 bits per heavy atom. The van der Waals surface area contributed by atoms with E-state index in [9.17, 15) is 9.50 Å². The van der Waals surface area contributed by atoms with Gasteiger partial charge in [-0.2, -0.15) is 0 Å². The highest BCUT2D eigenvalue weighted by Gasteiger charge is 2.17. The predicted molar refractivity (Wildman–Crippen MR) is 54.7 cm³/mol. The average molecular weight is 264 g/mol. The van der Waals surface area contributed by atoms with Gasteiger partial charge in [-0.25, -0.2) is 4.39 Å². The first-order valence-electron chi connectivity index (χ1n) is 4.01. The molecule has 0 saturated heterocycles. The van der Waals surface area contributed by atoms with Gasteiger partial charge in [-0.15, -0.1) is 0 Å². The van der Waals surface area contributed by atoms with E-state index in [0.717, 1.165) is 0 Å². The van der Waals surface area contributed by atoms with Crippen molar-refractivity contribution in [2.75, 3.05) is 13.7 Å². The Morgan fingerprint density at radius 2 is 2.29 bits per heavy atom. The first-order chi connectivity index (χ1) is 6.60. The number of nitrogens with two attached hydrogens (primary N) is 1. The van der Waals surface area contributed by atoms with Gasteiger partial charge in [0.25, 0.3) is 0 Å². The highest BCUT2D eigenvalue weighted by molar-refractivity contribution is 9.10. The molecule has 1 aromatic carbocycles. The monoisotopic (exact) mass is 263 g/mol. The third-order valence-corrected chi connectivity index (χ3v) is 2.29. The zero-order valence-electron chi connectivity index (χ0n) is 7.63. The fourth-order valence-electron chi connectivity index (χ4n) is 1.17. The Labute approximate surface area is 89.8 Å². The van der Waals surface area contributed by atoms with Crippen LogP contribution >= 0.6 is 15.9 Å². The molecule has 0 aliphatic carbocycles. The van der Waals surface area contributed by atoms with Gasteiger partial charge in [0.15, 0.2) is 0 Å². The number of aliphatic hydroxyl groups is 1. The topological polar surface area (TPSA) is 55.5 Å². The van der Waals surface area contributed by atoms with Crippen LogP contribution in [0.2, 0.25) is 0 Å². The van der Waals surface area contributed by atoms with E-state index in [2.05, 4.69) is 15.9 Å². The molecular formula is C9H11BrFNO2. The third-order valence-electron chi connectivity index (χ3n) is 1.83. The summed E-state index contributed by atoms with van der Waals surface area (Å²) in [5, 5.41) is 9.45. The SMILES string of the molecule is COc1cc(Br)cc(F)c1C(O)CN. The minimum absolute atomic E-state index is 0.0467. The summed E-state index contributed by atoms with van der Waals surface area (Å²) in [6, 6.07) is 2.84. The molecule has 1 rings (SSSR count). The van der Waals surface area contributed by atoms with E-state index < -0.39 is 11.9 Å². The van der Waals surface area contributed by atoms with Gasteiger partial charge < -0.3 is 15.6 Å². The Kier molecular flexibility index (Phi) is 3.86. The highest BCUT2D eigenvalue weighted by atomic mass is 79.9. The summed E-state index contributed by atoms with van der Waals surface area (Å²) in [4.78, 5) is 0. The second-order valence-corrected chi connectivity index (χ2v) is 3.67. The fourth-order valence-corrected chi connectivity index (χ4v) is 1.58. The molecule has 0 radical (unpaired) electrons. The van der Waals surface area contributed by atoms with Gasteiger partial charge >= 0.3 is 0 Å². The van der Waals surface area contributed by atoms with E-state index in [0.29, 0.717) is 4.47 Å². The van der Waals surface area contributed by atoms with Crippen LogP contribution in [0.3, 0.4) is 0 Å². The van der Waals surface area contributed by atoms with Crippen molar-refractivity contribution in [1.82, 2.24) is 0 Å². The smallest absolute Gasteiger partial charge is 0.133 e. The molecule has 14 heavy (non-hydrogen) atoms. The van der Waals surface area contributed by atoms with Crippen LogP contribution in [0, 0.1) is 5.82 Å². The van der Waals surface area contributed by atoms with Crippen molar-refractivity contribution < 1.29 is 14.2 Å². The standard InChI is InChI=1S/C9H11BrFNO2/c1-14-8-3-5(10)2-6(11)9(8)7(13)4-12/h2-3,7,13H,4,12H2,1H3. The van der Waals surface area contributed by atoms with Crippen LogP contribution in [0.1, 0.15) is 11.7 Å². The lowest BCUT2D eigenvalue weighted by Gasteiger charge is -2.14. The lowest BCUT2D eigenvalue weighted by atomic mass is 10.1. The maximum absolute atomic E-state index is 13.4. The van der Waals surface area contributed by atoms with E-state index >= 15 is 0 Å². The zero-order chi connectivity index (χ0) is 10.7. The quantitative estimate of drug-likeness (QED) is 0.871. The average Bonchev–Trinajstić information content (AvgIpc) is 2.15. The van der Waals surface area contributed by atoms with Crippen LogP contribution < -0.4 is 10.5 Å². The van der Waals surface area contributed by atoms with Crippen molar-refractivity contribution >= 4 is 15.9 Å². The Hall–Kier alpha value is -0.650. The molecule has 5 heteroatoms. The molecule has 78 valence electrons. The van der Waals surface area contributed by atoms with Gasteiger partial charge in [-0.05, 0) is 12.1 Å². The van der Waals surface area contributed by atoms with Crippen LogP contribution in [-0.2, 0) is 0 Å². The Bertz CT molecular complexity index is 333. The van der Waals surface area contributed by atoms with Crippen LogP contribution in [0.25, 0.3) is 0 Å². The summed E-state index contributed by atoms with van der Waals surface area (Å²) in [5.41, 5.74) is 5.35. The molecule has 1 aromatic rings. The summed E-state index contributed by atoms with van der Waals surface area (Å²) in [5.74, 6) is -0.246.